The van der Waals surface area contributed by atoms with Crippen LogP contribution in [0, 0.1) is 0 Å². The minimum atomic E-state index is 0.0777. The lowest BCUT2D eigenvalue weighted by molar-refractivity contribution is 0.415. The molecule has 4 aromatic carbocycles. The molecule has 5 aromatic rings. The van der Waals surface area contributed by atoms with E-state index in [9.17, 15) is 5.11 Å². The van der Waals surface area contributed by atoms with E-state index in [0.717, 1.165) is 27.8 Å². The van der Waals surface area contributed by atoms with Gasteiger partial charge < -0.3 is 9.84 Å². The normalized spacial score (nSPS) is 11.3. The van der Waals surface area contributed by atoms with Crippen LogP contribution in [0.15, 0.2) is 107 Å². The number of benzene rings is 4. The maximum absolute atomic E-state index is 10.4. The quantitative estimate of drug-likeness (QED) is 0.317. The maximum atomic E-state index is 10.4. The third-order valence-electron chi connectivity index (χ3n) is 5.22. The number of aromatic hydroxyl groups is 1. The average molecular weight is 420 g/mol. The molecule has 1 heterocycles. The number of fused-ring (bicyclic) bond motifs is 1. The molecule has 0 unspecified atom stereocenters. The molecule has 6 nitrogen and oxygen atoms in total. The van der Waals surface area contributed by atoms with Crippen molar-refractivity contribution in [3.8, 4) is 28.4 Å². The van der Waals surface area contributed by atoms with Gasteiger partial charge in [-0.1, -0.05) is 48.5 Å². The number of rotatable bonds is 5. The van der Waals surface area contributed by atoms with E-state index in [0.29, 0.717) is 17.1 Å². The van der Waals surface area contributed by atoms with Crippen molar-refractivity contribution in [2.45, 2.75) is 0 Å². The fourth-order valence-corrected chi connectivity index (χ4v) is 3.56. The zero-order valence-electron chi connectivity index (χ0n) is 17.4. The summed E-state index contributed by atoms with van der Waals surface area (Å²) in [5, 5.41) is 25.9. The van der Waals surface area contributed by atoms with Crippen LogP contribution in [0.1, 0.15) is 0 Å². The molecule has 32 heavy (non-hydrogen) atoms. The van der Waals surface area contributed by atoms with Crippen molar-refractivity contribution >= 4 is 22.1 Å². The highest BCUT2D eigenvalue weighted by Crippen LogP contribution is 2.38. The Morgan fingerprint density at radius 2 is 1.56 bits per heavy atom. The van der Waals surface area contributed by atoms with Crippen LogP contribution in [0.25, 0.3) is 27.7 Å². The van der Waals surface area contributed by atoms with Gasteiger partial charge in [-0.15, -0.1) is 10.2 Å². The average Bonchev–Trinajstić information content (AvgIpc) is 3.28. The SMILES string of the molecule is COc1ccc(-c2nn(-c3ccccc3)cc2N=Nc2c(O)ccc3ccccc23)cc1. The van der Waals surface area contributed by atoms with Crippen molar-refractivity contribution < 1.29 is 9.84 Å². The van der Waals surface area contributed by atoms with E-state index in [1.165, 1.54) is 0 Å². The molecule has 0 aliphatic rings. The lowest BCUT2D eigenvalue weighted by Crippen LogP contribution is -1.94. The van der Waals surface area contributed by atoms with E-state index in [-0.39, 0.29) is 5.75 Å². The summed E-state index contributed by atoms with van der Waals surface area (Å²) in [6.07, 6.45) is 1.83. The van der Waals surface area contributed by atoms with Gasteiger partial charge >= 0.3 is 0 Å². The smallest absolute Gasteiger partial charge is 0.143 e. The number of para-hydroxylation sites is 1. The molecular formula is C26H20N4O2. The molecule has 0 radical (unpaired) electrons. The molecule has 156 valence electrons. The number of aromatic nitrogens is 2. The Kier molecular flexibility index (Phi) is 5.09. The second-order valence-electron chi connectivity index (χ2n) is 7.23. The number of azo groups is 1. The van der Waals surface area contributed by atoms with Crippen LogP contribution in [-0.2, 0) is 0 Å². The number of hydrogen-bond acceptors (Lipinski definition) is 5. The van der Waals surface area contributed by atoms with Crippen molar-refractivity contribution in [3.05, 3.63) is 97.2 Å². The van der Waals surface area contributed by atoms with E-state index in [2.05, 4.69) is 10.2 Å². The zero-order chi connectivity index (χ0) is 21.9. The Balaban J connectivity index is 1.63. The molecule has 5 rings (SSSR count). The first-order valence-corrected chi connectivity index (χ1v) is 10.1. The molecule has 0 atom stereocenters. The van der Waals surface area contributed by atoms with Crippen molar-refractivity contribution in [1.82, 2.24) is 9.78 Å². The molecule has 0 aliphatic carbocycles. The molecule has 1 N–H and O–H groups in total. The Morgan fingerprint density at radius 1 is 0.812 bits per heavy atom. The topological polar surface area (TPSA) is 72.0 Å². The number of methoxy groups -OCH3 is 1. The van der Waals surface area contributed by atoms with Crippen LogP contribution in [0.2, 0.25) is 0 Å². The number of nitrogens with zero attached hydrogens (tertiary/aromatic N) is 4. The van der Waals surface area contributed by atoms with Crippen molar-refractivity contribution in [2.24, 2.45) is 10.2 Å². The van der Waals surface area contributed by atoms with Gasteiger partial charge in [-0.05, 0) is 47.9 Å². The highest BCUT2D eigenvalue weighted by atomic mass is 16.5. The highest BCUT2D eigenvalue weighted by molar-refractivity contribution is 5.95. The second kappa shape index (κ2) is 8.35. The second-order valence-corrected chi connectivity index (χ2v) is 7.23. The Hall–Kier alpha value is -4.45. The summed E-state index contributed by atoms with van der Waals surface area (Å²) in [7, 11) is 1.63. The van der Waals surface area contributed by atoms with E-state index < -0.39 is 0 Å². The molecule has 0 fully saturated rings. The first-order chi connectivity index (χ1) is 15.7. The largest absolute Gasteiger partial charge is 0.506 e. The van der Waals surface area contributed by atoms with E-state index in [1.807, 2.05) is 91.1 Å². The molecule has 0 amide bonds. The molecule has 0 bridgehead atoms. The van der Waals surface area contributed by atoms with Crippen LogP contribution >= 0.6 is 0 Å². The molecular weight excluding hydrogens is 400 g/mol. The lowest BCUT2D eigenvalue weighted by Gasteiger charge is -2.04. The third kappa shape index (κ3) is 3.70. The summed E-state index contributed by atoms with van der Waals surface area (Å²) >= 11 is 0. The molecule has 6 heteroatoms. The predicted molar refractivity (Wildman–Crippen MR) is 125 cm³/mol. The van der Waals surface area contributed by atoms with E-state index >= 15 is 0 Å². The van der Waals surface area contributed by atoms with Crippen LogP contribution in [0.4, 0.5) is 11.4 Å². The highest BCUT2D eigenvalue weighted by Gasteiger charge is 2.14. The Bertz CT molecular complexity index is 1410. The lowest BCUT2D eigenvalue weighted by atomic mass is 10.1. The van der Waals surface area contributed by atoms with E-state index in [1.54, 1.807) is 17.9 Å². The van der Waals surface area contributed by atoms with E-state index in [4.69, 9.17) is 9.84 Å². The molecule has 0 aliphatic heterocycles. The summed E-state index contributed by atoms with van der Waals surface area (Å²) in [5.74, 6) is 0.842. The van der Waals surface area contributed by atoms with Gasteiger partial charge in [0.1, 0.15) is 28.6 Å². The molecule has 1 aromatic heterocycles. The number of hydrogen-bond donors (Lipinski definition) is 1. The van der Waals surface area contributed by atoms with Crippen LogP contribution < -0.4 is 4.74 Å². The van der Waals surface area contributed by atoms with Crippen molar-refractivity contribution in [3.63, 3.8) is 0 Å². The minimum Gasteiger partial charge on any atom is -0.506 e. The first kappa shape index (κ1) is 19.5. The van der Waals surface area contributed by atoms with Crippen molar-refractivity contribution in [1.29, 1.82) is 0 Å². The summed E-state index contributed by atoms with van der Waals surface area (Å²) in [6, 6.07) is 28.7. The zero-order valence-corrected chi connectivity index (χ0v) is 17.4. The Morgan fingerprint density at radius 3 is 2.34 bits per heavy atom. The maximum Gasteiger partial charge on any atom is 0.143 e. The van der Waals surface area contributed by atoms with Crippen molar-refractivity contribution in [2.75, 3.05) is 7.11 Å². The molecule has 0 saturated heterocycles. The number of ether oxygens (including phenoxy) is 1. The van der Waals surface area contributed by atoms with Gasteiger partial charge in [-0.25, -0.2) is 4.68 Å². The number of phenolic OH excluding ortho intramolecular Hbond substituents is 1. The molecule has 0 saturated carbocycles. The van der Waals surface area contributed by atoms with Gasteiger partial charge in [0.25, 0.3) is 0 Å². The fraction of sp³-hybridized carbons (Fsp3) is 0.0385. The van der Waals surface area contributed by atoms with Gasteiger partial charge in [0.15, 0.2) is 0 Å². The monoisotopic (exact) mass is 420 g/mol. The third-order valence-corrected chi connectivity index (χ3v) is 5.22. The number of phenols is 1. The van der Waals surface area contributed by atoms with Gasteiger partial charge in [-0.2, -0.15) is 5.10 Å². The summed E-state index contributed by atoms with van der Waals surface area (Å²) in [5.41, 5.74) is 3.50. The predicted octanol–water partition coefficient (Wildman–Crippen LogP) is 6.82. The van der Waals surface area contributed by atoms with Gasteiger partial charge in [0, 0.05) is 10.9 Å². The van der Waals surface area contributed by atoms with Gasteiger partial charge in [0.2, 0.25) is 0 Å². The standard InChI is InChI=1S/C26H20N4O2/c1-32-21-14-11-19(12-15-21)25-23(17-30(29-25)20-8-3-2-4-9-20)27-28-26-22-10-6-5-7-18(22)13-16-24(26)31/h2-17,31H,1H3. The summed E-state index contributed by atoms with van der Waals surface area (Å²) in [6.45, 7) is 0. The van der Waals surface area contributed by atoms with Gasteiger partial charge in [-0.3, -0.25) is 0 Å². The van der Waals surface area contributed by atoms with Crippen LogP contribution in [0.3, 0.4) is 0 Å². The minimum absolute atomic E-state index is 0.0777. The van der Waals surface area contributed by atoms with Crippen LogP contribution in [0.5, 0.6) is 11.5 Å². The van der Waals surface area contributed by atoms with Crippen LogP contribution in [-0.4, -0.2) is 22.0 Å². The first-order valence-electron chi connectivity index (χ1n) is 10.1. The summed E-state index contributed by atoms with van der Waals surface area (Å²) in [4.78, 5) is 0. The fourth-order valence-electron chi connectivity index (χ4n) is 3.56. The van der Waals surface area contributed by atoms with Gasteiger partial charge in [0.05, 0.1) is 19.0 Å². The summed E-state index contributed by atoms with van der Waals surface area (Å²) < 4.78 is 7.05. The Labute approximate surface area is 185 Å². The molecule has 0 spiro atoms.